The molecule has 2 bridgehead atoms. The van der Waals surface area contributed by atoms with Gasteiger partial charge in [0.25, 0.3) is 0 Å². The summed E-state index contributed by atoms with van der Waals surface area (Å²) in [7, 11) is 0. The van der Waals surface area contributed by atoms with E-state index in [0.717, 1.165) is 11.8 Å². The van der Waals surface area contributed by atoms with E-state index in [0.29, 0.717) is 6.04 Å². The van der Waals surface area contributed by atoms with E-state index in [1.165, 1.54) is 25.7 Å². The minimum absolute atomic E-state index is 0.601. The highest BCUT2D eigenvalue weighted by Crippen LogP contribution is 2.44. The maximum atomic E-state index is 5.83. The van der Waals surface area contributed by atoms with Crippen molar-refractivity contribution in [1.82, 2.24) is 0 Å². The Morgan fingerprint density at radius 2 is 1.75 bits per heavy atom. The molecule has 3 aliphatic carbocycles. The average molecular weight is 111 g/mol. The molecule has 0 aliphatic heterocycles. The zero-order valence-electron chi connectivity index (χ0n) is 5.14. The third-order valence-corrected chi connectivity index (χ3v) is 2.84. The lowest BCUT2D eigenvalue weighted by atomic mass is 9.62. The Hall–Kier alpha value is -0.0400. The van der Waals surface area contributed by atoms with E-state index >= 15 is 0 Å². The molecule has 0 heterocycles. The van der Waals surface area contributed by atoms with Crippen molar-refractivity contribution >= 4 is 0 Å². The van der Waals surface area contributed by atoms with Crippen molar-refractivity contribution in [1.29, 1.82) is 0 Å². The topological polar surface area (TPSA) is 26.0 Å². The van der Waals surface area contributed by atoms with E-state index in [4.69, 9.17) is 5.73 Å². The van der Waals surface area contributed by atoms with Crippen molar-refractivity contribution in [3.05, 3.63) is 0 Å². The first-order valence-corrected chi connectivity index (χ1v) is 3.63. The number of fused-ring (bicyclic) bond motifs is 2. The van der Waals surface area contributed by atoms with Crippen LogP contribution in [0.5, 0.6) is 0 Å². The number of hydrogen-bond acceptors (Lipinski definition) is 1. The number of hydrogen-bond donors (Lipinski definition) is 1. The Kier molecular flexibility index (Phi) is 0.884. The van der Waals surface area contributed by atoms with Gasteiger partial charge in [0.2, 0.25) is 0 Å². The van der Waals surface area contributed by atoms with Gasteiger partial charge in [0.1, 0.15) is 0 Å². The predicted molar refractivity (Wildman–Crippen MR) is 33.4 cm³/mol. The Morgan fingerprint density at radius 3 is 2.00 bits per heavy atom. The Balaban J connectivity index is 2.03. The fraction of sp³-hybridized carbons (Fsp3) is 1.00. The molecule has 8 heavy (non-hydrogen) atoms. The van der Waals surface area contributed by atoms with Gasteiger partial charge in [-0.1, -0.05) is 6.42 Å². The van der Waals surface area contributed by atoms with E-state index in [9.17, 15) is 0 Å². The highest BCUT2D eigenvalue weighted by molar-refractivity contribution is 4.95. The van der Waals surface area contributed by atoms with Gasteiger partial charge >= 0.3 is 0 Å². The molecular formula is C7H13N. The summed E-state index contributed by atoms with van der Waals surface area (Å²) >= 11 is 0. The Labute approximate surface area is 50.3 Å². The van der Waals surface area contributed by atoms with Crippen LogP contribution in [0.1, 0.15) is 25.7 Å². The van der Waals surface area contributed by atoms with E-state index < -0.39 is 0 Å². The monoisotopic (exact) mass is 111 g/mol. The van der Waals surface area contributed by atoms with Gasteiger partial charge in [-0.3, -0.25) is 0 Å². The molecule has 1 nitrogen and oxygen atoms in total. The van der Waals surface area contributed by atoms with Crippen molar-refractivity contribution in [2.45, 2.75) is 31.7 Å². The van der Waals surface area contributed by atoms with Crippen molar-refractivity contribution in [3.8, 4) is 0 Å². The molecule has 2 atom stereocenters. The lowest BCUT2D eigenvalue weighted by molar-refractivity contribution is 0.0770. The normalized spacial score (nSPS) is 52.9. The third-order valence-electron chi connectivity index (χ3n) is 2.84. The van der Waals surface area contributed by atoms with Gasteiger partial charge in [-0.15, -0.1) is 0 Å². The second kappa shape index (κ2) is 1.47. The van der Waals surface area contributed by atoms with Crippen LogP contribution in [0.4, 0.5) is 0 Å². The molecular weight excluding hydrogens is 98.1 g/mol. The zero-order valence-corrected chi connectivity index (χ0v) is 5.14. The van der Waals surface area contributed by atoms with Gasteiger partial charge in [0.15, 0.2) is 0 Å². The van der Waals surface area contributed by atoms with Crippen LogP contribution in [0, 0.1) is 11.8 Å². The second-order valence-corrected chi connectivity index (χ2v) is 3.26. The second-order valence-electron chi connectivity index (χ2n) is 3.26. The molecule has 0 amide bonds. The summed E-state index contributed by atoms with van der Waals surface area (Å²) in [5, 5.41) is 0. The molecule has 3 rings (SSSR count). The molecule has 0 saturated heterocycles. The minimum atomic E-state index is 0.601. The summed E-state index contributed by atoms with van der Waals surface area (Å²) in [5.41, 5.74) is 5.83. The average Bonchev–Trinajstić information content (AvgIpc) is 1.89. The van der Waals surface area contributed by atoms with Crippen molar-refractivity contribution in [2.75, 3.05) is 0 Å². The molecule has 3 saturated carbocycles. The van der Waals surface area contributed by atoms with Gasteiger partial charge in [0.05, 0.1) is 0 Å². The van der Waals surface area contributed by atoms with Crippen LogP contribution in [0.3, 0.4) is 0 Å². The number of rotatable bonds is 0. The minimum Gasteiger partial charge on any atom is -0.327 e. The Bertz CT molecular complexity index is 86.6. The van der Waals surface area contributed by atoms with Crippen molar-refractivity contribution in [3.63, 3.8) is 0 Å². The van der Waals surface area contributed by atoms with Gasteiger partial charge < -0.3 is 5.73 Å². The first kappa shape index (κ1) is 4.80. The lowest BCUT2D eigenvalue weighted by Gasteiger charge is -2.47. The first-order valence-electron chi connectivity index (χ1n) is 3.63. The van der Waals surface area contributed by atoms with Gasteiger partial charge in [-0.25, -0.2) is 0 Å². The van der Waals surface area contributed by atoms with Crippen LogP contribution in [-0.2, 0) is 0 Å². The summed E-state index contributed by atoms with van der Waals surface area (Å²) in [4.78, 5) is 0. The van der Waals surface area contributed by atoms with E-state index in [1.807, 2.05) is 0 Å². The van der Waals surface area contributed by atoms with E-state index in [2.05, 4.69) is 0 Å². The van der Waals surface area contributed by atoms with Crippen molar-refractivity contribution in [2.24, 2.45) is 17.6 Å². The maximum absolute atomic E-state index is 5.83. The Morgan fingerprint density at radius 1 is 1.12 bits per heavy atom. The van der Waals surface area contributed by atoms with Gasteiger partial charge in [0, 0.05) is 6.04 Å². The molecule has 0 aromatic rings. The molecule has 0 radical (unpaired) electrons. The van der Waals surface area contributed by atoms with Crippen molar-refractivity contribution < 1.29 is 0 Å². The van der Waals surface area contributed by atoms with Gasteiger partial charge in [-0.2, -0.15) is 0 Å². The SMILES string of the molecule is NC1C2CCCC1C2. The quantitative estimate of drug-likeness (QED) is 0.498. The summed E-state index contributed by atoms with van der Waals surface area (Å²) < 4.78 is 0. The molecule has 0 spiro atoms. The largest absolute Gasteiger partial charge is 0.327 e. The first-order chi connectivity index (χ1) is 3.88. The van der Waals surface area contributed by atoms with Crippen LogP contribution < -0.4 is 5.73 Å². The highest BCUT2D eigenvalue weighted by atomic mass is 14.7. The molecule has 0 aromatic carbocycles. The summed E-state index contributed by atoms with van der Waals surface area (Å²) in [6, 6.07) is 0.601. The summed E-state index contributed by atoms with van der Waals surface area (Å²) in [6.07, 6.45) is 5.72. The molecule has 3 aliphatic rings. The molecule has 3 fully saturated rings. The maximum Gasteiger partial charge on any atom is 0.00958 e. The highest BCUT2D eigenvalue weighted by Gasteiger charge is 2.40. The number of nitrogens with two attached hydrogens (primary N) is 1. The zero-order chi connectivity index (χ0) is 5.56. The molecule has 0 aromatic heterocycles. The molecule has 1 heteroatoms. The molecule has 2 unspecified atom stereocenters. The van der Waals surface area contributed by atoms with Crippen LogP contribution in [0.2, 0.25) is 0 Å². The molecule has 46 valence electrons. The van der Waals surface area contributed by atoms with Gasteiger partial charge in [-0.05, 0) is 31.1 Å². The fourth-order valence-corrected chi connectivity index (χ4v) is 2.16. The van der Waals surface area contributed by atoms with E-state index in [-0.39, 0.29) is 0 Å². The smallest absolute Gasteiger partial charge is 0.00958 e. The summed E-state index contributed by atoms with van der Waals surface area (Å²) in [6.45, 7) is 0. The van der Waals surface area contributed by atoms with E-state index in [1.54, 1.807) is 0 Å². The van der Waals surface area contributed by atoms with Crippen LogP contribution in [0.15, 0.2) is 0 Å². The van der Waals surface area contributed by atoms with Crippen LogP contribution in [0.25, 0.3) is 0 Å². The summed E-state index contributed by atoms with van der Waals surface area (Å²) in [5.74, 6) is 1.85. The standard InChI is InChI=1S/C7H13N/c8-7-5-2-1-3-6(7)4-5/h5-7H,1-4,8H2. The lowest BCUT2D eigenvalue weighted by Crippen LogP contribution is -2.51. The predicted octanol–water partition coefficient (Wildman–Crippen LogP) is 1.13. The molecule has 2 N–H and O–H groups in total. The third kappa shape index (κ3) is 0.455. The van der Waals surface area contributed by atoms with Crippen LogP contribution >= 0.6 is 0 Å². The fourth-order valence-electron chi connectivity index (χ4n) is 2.16. The van der Waals surface area contributed by atoms with Crippen LogP contribution in [-0.4, -0.2) is 6.04 Å².